The molecule has 5 nitrogen and oxygen atoms in total. The molecular formula is C9H9ClN4O. The van der Waals surface area contributed by atoms with Gasteiger partial charge in [0.2, 0.25) is 0 Å². The lowest BCUT2D eigenvalue weighted by Crippen LogP contribution is -2.21. The van der Waals surface area contributed by atoms with Crippen molar-refractivity contribution in [2.24, 2.45) is 0 Å². The van der Waals surface area contributed by atoms with E-state index >= 15 is 0 Å². The average molecular weight is 225 g/mol. The Labute approximate surface area is 91.0 Å². The molecule has 0 amide bonds. The quantitative estimate of drug-likeness (QED) is 0.725. The van der Waals surface area contributed by atoms with Crippen molar-refractivity contribution in [1.29, 1.82) is 0 Å². The van der Waals surface area contributed by atoms with E-state index in [9.17, 15) is 4.79 Å². The first-order valence-electron chi connectivity index (χ1n) is 4.43. The first-order chi connectivity index (χ1) is 7.25. The molecule has 2 heterocycles. The third kappa shape index (κ3) is 2.44. The Hall–Kier alpha value is -1.62. The molecule has 0 aliphatic carbocycles. The molecule has 15 heavy (non-hydrogen) atoms. The van der Waals surface area contributed by atoms with Crippen LogP contribution in [0.1, 0.15) is 0 Å². The Bertz CT molecular complexity index is 491. The number of hydrogen-bond acceptors (Lipinski definition) is 3. The zero-order valence-corrected chi connectivity index (χ0v) is 8.63. The average Bonchev–Trinajstić information content (AvgIpc) is 2.69. The maximum atomic E-state index is 11.4. The van der Waals surface area contributed by atoms with Gasteiger partial charge in [-0.1, -0.05) is 11.6 Å². The standard InChI is InChI=1S/C9H9ClN4O/c10-8-5-9(15)14(7-12-8)4-3-13-2-1-11-6-13/h1-2,5-7H,3-4H2. The van der Waals surface area contributed by atoms with Crippen molar-refractivity contribution in [2.45, 2.75) is 13.1 Å². The van der Waals surface area contributed by atoms with Crippen molar-refractivity contribution in [3.63, 3.8) is 0 Å². The Morgan fingerprint density at radius 2 is 2.20 bits per heavy atom. The van der Waals surface area contributed by atoms with E-state index in [0.29, 0.717) is 13.1 Å². The minimum Gasteiger partial charge on any atom is -0.336 e. The third-order valence-corrected chi connectivity index (χ3v) is 2.21. The molecule has 0 bridgehead atoms. The molecule has 2 rings (SSSR count). The van der Waals surface area contributed by atoms with Crippen molar-refractivity contribution in [3.8, 4) is 0 Å². The summed E-state index contributed by atoms with van der Waals surface area (Å²) >= 11 is 5.58. The lowest BCUT2D eigenvalue weighted by atomic mass is 10.5. The molecule has 0 aliphatic rings. The van der Waals surface area contributed by atoms with Crippen molar-refractivity contribution < 1.29 is 0 Å². The molecule has 0 spiro atoms. The molecule has 0 atom stereocenters. The van der Waals surface area contributed by atoms with E-state index in [-0.39, 0.29) is 10.7 Å². The van der Waals surface area contributed by atoms with E-state index < -0.39 is 0 Å². The predicted octanol–water partition coefficient (Wildman–Crippen LogP) is 0.793. The SMILES string of the molecule is O=c1cc(Cl)ncn1CCn1ccnc1. The Morgan fingerprint density at radius 3 is 2.87 bits per heavy atom. The lowest BCUT2D eigenvalue weighted by molar-refractivity contribution is 0.558. The Morgan fingerprint density at radius 1 is 1.33 bits per heavy atom. The highest BCUT2D eigenvalue weighted by Crippen LogP contribution is 1.96. The highest BCUT2D eigenvalue weighted by atomic mass is 35.5. The fraction of sp³-hybridized carbons (Fsp3) is 0.222. The molecule has 2 aromatic heterocycles. The zero-order valence-electron chi connectivity index (χ0n) is 7.88. The molecule has 0 unspecified atom stereocenters. The maximum absolute atomic E-state index is 11.4. The summed E-state index contributed by atoms with van der Waals surface area (Å²) in [6, 6.07) is 1.30. The van der Waals surface area contributed by atoms with Gasteiger partial charge in [0.1, 0.15) is 5.15 Å². The summed E-state index contributed by atoms with van der Waals surface area (Å²) in [5, 5.41) is 0.221. The maximum Gasteiger partial charge on any atom is 0.254 e. The first-order valence-corrected chi connectivity index (χ1v) is 4.81. The van der Waals surface area contributed by atoms with Gasteiger partial charge in [-0.15, -0.1) is 0 Å². The smallest absolute Gasteiger partial charge is 0.254 e. The van der Waals surface area contributed by atoms with Crippen molar-refractivity contribution in [2.75, 3.05) is 0 Å². The van der Waals surface area contributed by atoms with Gasteiger partial charge in [-0.25, -0.2) is 9.97 Å². The molecule has 78 valence electrons. The monoisotopic (exact) mass is 224 g/mol. The molecule has 6 heteroatoms. The molecule has 2 aromatic rings. The minimum absolute atomic E-state index is 0.143. The number of rotatable bonds is 3. The van der Waals surface area contributed by atoms with Crippen LogP contribution in [0.5, 0.6) is 0 Å². The van der Waals surface area contributed by atoms with Crippen LogP contribution in [0, 0.1) is 0 Å². The summed E-state index contributed by atoms with van der Waals surface area (Å²) in [5.41, 5.74) is -0.143. The van der Waals surface area contributed by atoms with Gasteiger partial charge in [0.15, 0.2) is 0 Å². The minimum atomic E-state index is -0.143. The van der Waals surface area contributed by atoms with E-state index in [0.717, 1.165) is 0 Å². The van der Waals surface area contributed by atoms with Gasteiger partial charge >= 0.3 is 0 Å². The Balaban J connectivity index is 2.09. The van der Waals surface area contributed by atoms with Crippen LogP contribution in [0.3, 0.4) is 0 Å². The highest BCUT2D eigenvalue weighted by Gasteiger charge is 1.98. The van der Waals surface area contributed by atoms with Crippen LogP contribution < -0.4 is 5.56 Å². The van der Waals surface area contributed by atoms with Crippen LogP contribution in [-0.4, -0.2) is 19.1 Å². The summed E-state index contributed by atoms with van der Waals surface area (Å²) in [6.45, 7) is 1.24. The molecule has 0 saturated carbocycles. The number of aromatic nitrogens is 4. The summed E-state index contributed by atoms with van der Waals surface area (Å²) in [5.74, 6) is 0. The normalized spacial score (nSPS) is 10.5. The second-order valence-corrected chi connectivity index (χ2v) is 3.43. The van der Waals surface area contributed by atoms with Crippen LogP contribution in [0.25, 0.3) is 0 Å². The van der Waals surface area contributed by atoms with E-state index in [4.69, 9.17) is 11.6 Å². The fourth-order valence-corrected chi connectivity index (χ4v) is 1.35. The topological polar surface area (TPSA) is 52.7 Å². The van der Waals surface area contributed by atoms with E-state index in [1.54, 1.807) is 12.5 Å². The van der Waals surface area contributed by atoms with Gasteiger partial charge < -0.3 is 4.57 Å². The molecule has 0 aliphatic heterocycles. The zero-order chi connectivity index (χ0) is 10.7. The molecule has 0 fully saturated rings. The van der Waals surface area contributed by atoms with Crippen molar-refractivity contribution in [1.82, 2.24) is 19.1 Å². The Kier molecular flexibility index (Phi) is 2.82. The van der Waals surface area contributed by atoms with Crippen molar-refractivity contribution >= 4 is 11.6 Å². The third-order valence-electron chi connectivity index (χ3n) is 2.00. The van der Waals surface area contributed by atoms with E-state index in [1.165, 1.54) is 17.0 Å². The van der Waals surface area contributed by atoms with E-state index in [1.807, 2.05) is 10.8 Å². The summed E-state index contributed by atoms with van der Waals surface area (Å²) < 4.78 is 3.40. The lowest BCUT2D eigenvalue weighted by Gasteiger charge is -2.04. The number of nitrogens with zero attached hydrogens (tertiary/aromatic N) is 4. The second kappa shape index (κ2) is 4.27. The largest absolute Gasteiger partial charge is 0.336 e. The number of aryl methyl sites for hydroxylation is 2. The summed E-state index contributed by atoms with van der Waals surface area (Å²) in [6.07, 6.45) is 6.69. The number of halogens is 1. The van der Waals surface area contributed by atoms with E-state index in [2.05, 4.69) is 9.97 Å². The molecule has 0 radical (unpaired) electrons. The van der Waals surface area contributed by atoms with Gasteiger partial charge in [-0.05, 0) is 0 Å². The van der Waals surface area contributed by atoms with Crippen molar-refractivity contribution in [3.05, 3.63) is 46.6 Å². The highest BCUT2D eigenvalue weighted by molar-refractivity contribution is 6.29. The van der Waals surface area contributed by atoms with Gasteiger partial charge in [-0.3, -0.25) is 9.36 Å². The predicted molar refractivity (Wildman–Crippen MR) is 55.7 cm³/mol. The van der Waals surface area contributed by atoms with Gasteiger partial charge in [-0.2, -0.15) is 0 Å². The number of imidazole rings is 1. The molecule has 0 saturated heterocycles. The van der Waals surface area contributed by atoms with Gasteiger partial charge in [0.05, 0.1) is 12.7 Å². The summed E-state index contributed by atoms with van der Waals surface area (Å²) in [7, 11) is 0. The number of hydrogen-bond donors (Lipinski definition) is 0. The fourth-order valence-electron chi connectivity index (χ4n) is 1.21. The van der Waals surface area contributed by atoms with Crippen LogP contribution in [0.15, 0.2) is 35.9 Å². The van der Waals surface area contributed by atoms with Crippen LogP contribution in [0.4, 0.5) is 0 Å². The van der Waals surface area contributed by atoms with Crippen LogP contribution in [-0.2, 0) is 13.1 Å². The molecule has 0 aromatic carbocycles. The molecule has 0 N–H and O–H groups in total. The molecular weight excluding hydrogens is 216 g/mol. The van der Waals surface area contributed by atoms with Gasteiger partial charge in [0, 0.05) is 31.5 Å². The first kappa shape index (κ1) is 9.92. The second-order valence-electron chi connectivity index (χ2n) is 3.04. The van der Waals surface area contributed by atoms with Crippen LogP contribution >= 0.6 is 11.6 Å². The summed E-state index contributed by atoms with van der Waals surface area (Å²) in [4.78, 5) is 19.2. The van der Waals surface area contributed by atoms with Crippen LogP contribution in [0.2, 0.25) is 5.15 Å². The van der Waals surface area contributed by atoms with Gasteiger partial charge in [0.25, 0.3) is 5.56 Å².